The number of nitrogens with one attached hydrogen (secondary N) is 1. The van der Waals surface area contributed by atoms with Crippen LogP contribution in [0, 0.1) is 0 Å². The molecule has 0 saturated carbocycles. The first kappa shape index (κ1) is 18.8. The number of hydrogen-bond donors (Lipinski definition) is 1. The topological polar surface area (TPSA) is 29.1 Å². The van der Waals surface area contributed by atoms with Crippen molar-refractivity contribution in [2.45, 2.75) is 52.9 Å². The Hall–Kier alpha value is -0.570. The van der Waals surface area contributed by atoms with Crippen LogP contribution in [0.15, 0.2) is 0 Å². The van der Waals surface area contributed by atoms with Gasteiger partial charge in [0.1, 0.15) is 0 Å². The minimum Gasteiger partial charge on any atom is -0.356 e. The van der Waals surface area contributed by atoms with Crippen LogP contribution in [0.3, 0.4) is 0 Å². The molecule has 0 fully saturated rings. The second kappa shape index (κ2) is 11.9. The van der Waals surface area contributed by atoms with Gasteiger partial charge in [-0.15, -0.1) is 0 Å². The lowest BCUT2D eigenvalue weighted by Crippen LogP contribution is -2.36. The molecule has 104 valence electrons. The van der Waals surface area contributed by atoms with Crippen LogP contribution in [0.4, 0.5) is 0 Å². The van der Waals surface area contributed by atoms with Gasteiger partial charge < -0.3 is 9.80 Å². The van der Waals surface area contributed by atoms with E-state index in [1.165, 1.54) is 12.8 Å². The zero-order valence-corrected chi connectivity index (χ0v) is 12.8. The summed E-state index contributed by atoms with van der Waals surface area (Å²) in [7, 11) is 6.46. The molecule has 0 aromatic rings. The summed E-state index contributed by atoms with van der Waals surface area (Å²) in [6.45, 7) is 8.07. The highest BCUT2D eigenvalue weighted by Crippen LogP contribution is 1.97. The molecule has 0 aliphatic heterocycles. The Morgan fingerprint density at radius 2 is 1.65 bits per heavy atom. The van der Waals surface area contributed by atoms with Gasteiger partial charge in [-0.2, -0.15) is 0 Å². The van der Waals surface area contributed by atoms with Crippen molar-refractivity contribution in [2.75, 3.05) is 34.2 Å². The largest absolute Gasteiger partial charge is 0.356 e. The van der Waals surface area contributed by atoms with Crippen molar-refractivity contribution in [3.63, 3.8) is 0 Å². The van der Waals surface area contributed by atoms with E-state index in [4.69, 9.17) is 0 Å². The third-order valence-electron chi connectivity index (χ3n) is 2.34. The van der Waals surface area contributed by atoms with Crippen LogP contribution >= 0.6 is 0 Å². The molecule has 3 nitrogen and oxygen atoms in total. The Balaban J connectivity index is 0. The number of nitrogens with zero attached hydrogens (tertiary/aromatic N) is 1. The number of amides is 1. The molecule has 1 amide bonds. The summed E-state index contributed by atoms with van der Waals surface area (Å²) in [5.74, 6) is 0.208. The number of carbonyl (C=O) groups is 1. The molecule has 0 aromatic heterocycles. The summed E-state index contributed by atoms with van der Waals surface area (Å²) in [4.78, 5) is 11.4. The van der Waals surface area contributed by atoms with Crippen LogP contribution in [0.25, 0.3) is 0 Å². The number of carbonyl (C=O) groups excluding carboxylic acids is 1. The number of unbranched alkanes of at least 4 members (excludes halogenated alkanes) is 2. The number of quaternary nitrogens is 1. The number of hydrogen-bond acceptors (Lipinski definition) is 1. The van der Waals surface area contributed by atoms with E-state index >= 15 is 0 Å². The highest BCUT2D eigenvalue weighted by molar-refractivity contribution is 5.75. The monoisotopic (exact) mass is 245 g/mol. The van der Waals surface area contributed by atoms with E-state index in [-0.39, 0.29) is 5.91 Å². The van der Waals surface area contributed by atoms with Crippen molar-refractivity contribution >= 4 is 5.91 Å². The lowest BCUT2D eigenvalue weighted by molar-refractivity contribution is -0.870. The highest BCUT2D eigenvalue weighted by atomic mass is 16.1. The zero-order chi connectivity index (χ0) is 13.7. The molecule has 17 heavy (non-hydrogen) atoms. The summed E-state index contributed by atoms with van der Waals surface area (Å²) < 4.78 is 0.934. The molecule has 0 aromatic carbocycles. The van der Waals surface area contributed by atoms with Crippen LogP contribution in [0.2, 0.25) is 0 Å². The second-order valence-corrected chi connectivity index (χ2v) is 5.17. The fourth-order valence-corrected chi connectivity index (χ4v) is 1.41. The van der Waals surface area contributed by atoms with E-state index in [2.05, 4.69) is 33.4 Å². The van der Waals surface area contributed by atoms with Gasteiger partial charge in [-0.1, -0.05) is 33.6 Å². The van der Waals surface area contributed by atoms with Crippen molar-refractivity contribution < 1.29 is 9.28 Å². The van der Waals surface area contributed by atoms with E-state index in [9.17, 15) is 4.79 Å². The molecule has 1 N–H and O–H groups in total. The van der Waals surface area contributed by atoms with Gasteiger partial charge in [0.05, 0.1) is 27.7 Å². The summed E-state index contributed by atoms with van der Waals surface area (Å²) in [5.41, 5.74) is 0. The Morgan fingerprint density at radius 3 is 2.12 bits per heavy atom. The average Bonchev–Trinajstić information content (AvgIpc) is 2.25. The zero-order valence-electron chi connectivity index (χ0n) is 12.8. The van der Waals surface area contributed by atoms with Crippen LogP contribution in [-0.2, 0) is 4.79 Å². The number of rotatable bonds is 8. The first-order valence-electron chi connectivity index (χ1n) is 7.03. The SMILES string of the molecule is CC.CCCCCNC(=O)CCC[N+](C)(C)C. The summed E-state index contributed by atoms with van der Waals surface area (Å²) in [6.07, 6.45) is 5.17. The molecule has 0 heterocycles. The fourth-order valence-electron chi connectivity index (χ4n) is 1.41. The smallest absolute Gasteiger partial charge is 0.220 e. The molecule has 3 heteroatoms. The van der Waals surface area contributed by atoms with Crippen molar-refractivity contribution in [1.29, 1.82) is 0 Å². The Kier molecular flexibility index (Phi) is 13.2. The van der Waals surface area contributed by atoms with E-state index in [1.807, 2.05) is 13.8 Å². The quantitative estimate of drug-likeness (QED) is 0.517. The molecule has 0 aliphatic rings. The molecule has 0 unspecified atom stereocenters. The minimum atomic E-state index is 0.208. The van der Waals surface area contributed by atoms with Gasteiger partial charge >= 0.3 is 0 Å². The summed E-state index contributed by atoms with van der Waals surface area (Å²) in [6, 6.07) is 0. The molecule has 0 saturated heterocycles. The van der Waals surface area contributed by atoms with Gasteiger partial charge in [0.2, 0.25) is 5.91 Å². The normalized spacial score (nSPS) is 10.5. The van der Waals surface area contributed by atoms with Gasteiger partial charge in [0.25, 0.3) is 0 Å². The first-order chi connectivity index (χ1) is 7.95. The Bertz CT molecular complexity index is 174. The molecule has 0 aliphatic carbocycles. The van der Waals surface area contributed by atoms with E-state index in [0.717, 1.165) is 30.4 Å². The molecule has 0 radical (unpaired) electrons. The maximum atomic E-state index is 11.4. The standard InChI is InChI=1S/C12H26N2O.C2H6/c1-5-6-7-10-13-12(15)9-8-11-14(2,3)4;1-2/h5-11H2,1-4H3;1-2H3/p+1. The molecular weight excluding hydrogens is 212 g/mol. The Labute approximate surface area is 108 Å². The van der Waals surface area contributed by atoms with E-state index in [1.54, 1.807) is 0 Å². The second-order valence-electron chi connectivity index (χ2n) is 5.17. The summed E-state index contributed by atoms with van der Waals surface area (Å²) >= 11 is 0. The van der Waals surface area contributed by atoms with Crippen LogP contribution in [0.1, 0.15) is 52.9 Å². The van der Waals surface area contributed by atoms with Gasteiger partial charge in [-0.3, -0.25) is 4.79 Å². The van der Waals surface area contributed by atoms with Gasteiger partial charge in [-0.05, 0) is 6.42 Å². The predicted molar refractivity (Wildman–Crippen MR) is 76.0 cm³/mol. The average molecular weight is 245 g/mol. The van der Waals surface area contributed by atoms with E-state index < -0.39 is 0 Å². The third kappa shape index (κ3) is 18.0. The minimum absolute atomic E-state index is 0.208. The summed E-state index contributed by atoms with van der Waals surface area (Å²) in [5, 5.41) is 2.96. The third-order valence-corrected chi connectivity index (χ3v) is 2.34. The molecule has 0 rings (SSSR count). The first-order valence-corrected chi connectivity index (χ1v) is 7.03. The molecular formula is C14H33N2O+. The van der Waals surface area contributed by atoms with Crippen molar-refractivity contribution in [2.24, 2.45) is 0 Å². The van der Waals surface area contributed by atoms with E-state index in [0.29, 0.717) is 6.42 Å². The van der Waals surface area contributed by atoms with Gasteiger partial charge in [0.15, 0.2) is 0 Å². The van der Waals surface area contributed by atoms with Crippen LogP contribution < -0.4 is 5.32 Å². The maximum absolute atomic E-state index is 11.4. The molecule has 0 spiro atoms. The van der Waals surface area contributed by atoms with Gasteiger partial charge in [0, 0.05) is 19.4 Å². The molecule has 0 atom stereocenters. The van der Waals surface area contributed by atoms with Crippen molar-refractivity contribution in [3.8, 4) is 0 Å². The van der Waals surface area contributed by atoms with Crippen molar-refractivity contribution in [3.05, 3.63) is 0 Å². The Morgan fingerprint density at radius 1 is 1.06 bits per heavy atom. The van der Waals surface area contributed by atoms with Gasteiger partial charge in [-0.25, -0.2) is 0 Å². The lowest BCUT2D eigenvalue weighted by atomic mass is 10.2. The predicted octanol–water partition coefficient (Wildman–Crippen LogP) is 2.81. The van der Waals surface area contributed by atoms with Crippen LogP contribution in [0.5, 0.6) is 0 Å². The van der Waals surface area contributed by atoms with Crippen LogP contribution in [-0.4, -0.2) is 44.6 Å². The highest BCUT2D eigenvalue weighted by Gasteiger charge is 2.08. The van der Waals surface area contributed by atoms with Crippen molar-refractivity contribution in [1.82, 2.24) is 5.32 Å². The fraction of sp³-hybridized carbons (Fsp3) is 0.929. The molecule has 0 bridgehead atoms. The maximum Gasteiger partial charge on any atom is 0.220 e. The lowest BCUT2D eigenvalue weighted by Gasteiger charge is -2.23.